The molecule has 1 saturated heterocycles. The Morgan fingerprint density at radius 1 is 1.12 bits per heavy atom. The summed E-state index contributed by atoms with van der Waals surface area (Å²) in [6.07, 6.45) is 0.433. The number of aromatic nitrogens is 1. The molecule has 0 bridgehead atoms. The fourth-order valence-corrected chi connectivity index (χ4v) is 6.54. The first-order valence-electron chi connectivity index (χ1n) is 10.9. The fourth-order valence-electron chi connectivity index (χ4n) is 3.79. The number of carbonyl (C=O) groups is 1. The molecule has 1 atom stereocenters. The maximum absolute atomic E-state index is 13.1. The van der Waals surface area contributed by atoms with Crippen molar-refractivity contribution in [1.82, 2.24) is 4.98 Å². The van der Waals surface area contributed by atoms with Gasteiger partial charge in [-0.05, 0) is 42.8 Å². The highest BCUT2D eigenvalue weighted by Gasteiger charge is 2.35. The van der Waals surface area contributed by atoms with Gasteiger partial charge in [-0.3, -0.25) is 4.79 Å². The molecule has 33 heavy (non-hydrogen) atoms. The van der Waals surface area contributed by atoms with Crippen LogP contribution in [0.25, 0.3) is 10.6 Å². The van der Waals surface area contributed by atoms with Crippen LogP contribution in [-0.2, 0) is 20.0 Å². The molecule has 0 aliphatic carbocycles. The van der Waals surface area contributed by atoms with E-state index in [1.165, 1.54) is 0 Å². The van der Waals surface area contributed by atoms with Gasteiger partial charge >= 0.3 is 0 Å². The number of thiazole rings is 1. The van der Waals surface area contributed by atoms with Gasteiger partial charge in [-0.25, -0.2) is 13.4 Å². The molecular weight excluding hydrogens is 456 g/mol. The molecule has 1 fully saturated rings. The van der Waals surface area contributed by atoms with Gasteiger partial charge in [0, 0.05) is 22.0 Å². The number of hydrogen-bond acceptors (Lipinski definition) is 6. The van der Waals surface area contributed by atoms with Crippen LogP contribution in [0.2, 0.25) is 0 Å². The first kappa shape index (κ1) is 23.4. The number of benzene rings is 2. The first-order chi connectivity index (χ1) is 15.6. The van der Waals surface area contributed by atoms with Gasteiger partial charge in [-0.15, -0.1) is 11.3 Å². The molecule has 1 unspecified atom stereocenters. The summed E-state index contributed by atoms with van der Waals surface area (Å²) in [5.41, 5.74) is 2.74. The predicted molar refractivity (Wildman–Crippen MR) is 133 cm³/mol. The lowest BCUT2D eigenvalue weighted by molar-refractivity contribution is -0.121. The zero-order chi connectivity index (χ0) is 23.6. The van der Waals surface area contributed by atoms with Gasteiger partial charge in [0.05, 0.1) is 23.2 Å². The van der Waals surface area contributed by atoms with Crippen molar-refractivity contribution in [2.24, 2.45) is 0 Å². The highest BCUT2D eigenvalue weighted by Crippen LogP contribution is 2.31. The number of ether oxygens (including phenoxy) is 1. The van der Waals surface area contributed by atoms with Crippen LogP contribution in [0.4, 0.5) is 5.69 Å². The number of rotatable bonds is 6. The van der Waals surface area contributed by atoms with Gasteiger partial charge in [0.1, 0.15) is 10.8 Å². The summed E-state index contributed by atoms with van der Waals surface area (Å²) >= 11 is 1.61. The van der Waals surface area contributed by atoms with E-state index in [4.69, 9.17) is 9.72 Å². The molecule has 0 saturated carbocycles. The van der Waals surface area contributed by atoms with E-state index >= 15 is 0 Å². The van der Waals surface area contributed by atoms with E-state index in [1.807, 2.05) is 54.6 Å². The Hall–Kier alpha value is -2.71. The normalized spacial score (nSPS) is 17.6. The van der Waals surface area contributed by atoms with E-state index < -0.39 is 9.84 Å². The van der Waals surface area contributed by atoms with Gasteiger partial charge in [0.25, 0.3) is 5.91 Å². The Morgan fingerprint density at radius 2 is 1.82 bits per heavy atom. The zero-order valence-electron chi connectivity index (χ0n) is 19.0. The second-order valence-corrected chi connectivity index (χ2v) is 12.3. The van der Waals surface area contributed by atoms with Crippen molar-refractivity contribution >= 4 is 32.8 Å². The largest absolute Gasteiger partial charge is 0.484 e. The molecule has 1 aliphatic heterocycles. The van der Waals surface area contributed by atoms with Crippen molar-refractivity contribution in [2.45, 2.75) is 38.6 Å². The maximum Gasteiger partial charge on any atom is 0.265 e. The molecule has 6 nitrogen and oxygen atoms in total. The minimum atomic E-state index is -3.13. The van der Waals surface area contributed by atoms with Crippen molar-refractivity contribution in [1.29, 1.82) is 0 Å². The average molecular weight is 485 g/mol. The topological polar surface area (TPSA) is 76.6 Å². The molecule has 2 aromatic carbocycles. The summed E-state index contributed by atoms with van der Waals surface area (Å²) in [5.74, 6) is 0.394. The Kier molecular flexibility index (Phi) is 6.59. The van der Waals surface area contributed by atoms with Gasteiger partial charge < -0.3 is 9.64 Å². The summed E-state index contributed by atoms with van der Waals surface area (Å²) < 4.78 is 29.8. The molecule has 1 aromatic heterocycles. The van der Waals surface area contributed by atoms with Crippen LogP contribution < -0.4 is 9.64 Å². The van der Waals surface area contributed by atoms with E-state index in [1.54, 1.807) is 16.2 Å². The first-order valence-corrected chi connectivity index (χ1v) is 13.6. The number of para-hydroxylation sites is 1. The predicted octanol–water partition coefficient (Wildman–Crippen LogP) is 4.71. The lowest BCUT2D eigenvalue weighted by Crippen LogP contribution is -2.43. The zero-order valence-corrected chi connectivity index (χ0v) is 20.7. The molecule has 1 amide bonds. The molecule has 0 N–H and O–H groups in total. The highest BCUT2D eigenvalue weighted by molar-refractivity contribution is 7.91. The number of sulfone groups is 1. The van der Waals surface area contributed by atoms with Crippen molar-refractivity contribution in [3.63, 3.8) is 0 Å². The molecule has 2 heterocycles. The Morgan fingerprint density at radius 3 is 2.39 bits per heavy atom. The maximum atomic E-state index is 13.1. The molecular formula is C25H28N2O4S2. The third-order valence-corrected chi connectivity index (χ3v) is 8.25. The van der Waals surface area contributed by atoms with Crippen LogP contribution in [0.1, 0.15) is 32.9 Å². The van der Waals surface area contributed by atoms with Crippen molar-refractivity contribution < 1.29 is 17.9 Å². The van der Waals surface area contributed by atoms with Crippen LogP contribution in [0, 0.1) is 0 Å². The van der Waals surface area contributed by atoms with Crippen LogP contribution >= 0.6 is 11.3 Å². The van der Waals surface area contributed by atoms with Gasteiger partial charge in [-0.2, -0.15) is 0 Å². The average Bonchev–Trinajstić information content (AvgIpc) is 3.41. The van der Waals surface area contributed by atoms with Gasteiger partial charge in [-0.1, -0.05) is 39.0 Å². The lowest BCUT2D eigenvalue weighted by atomic mass is 9.93. The number of anilines is 1. The van der Waals surface area contributed by atoms with Gasteiger partial charge in [0.15, 0.2) is 16.4 Å². The molecule has 4 rings (SSSR count). The lowest BCUT2D eigenvalue weighted by Gasteiger charge is -2.28. The standard InChI is InChI=1S/C25H28N2O4S2/c1-25(2,3)22-16-32-24(26-22)18-9-11-21(12-10-18)31-15-23(28)27(19-7-5-4-6-8-19)20-13-14-33(29,30)17-20/h4-12,16,20H,13-15,17H2,1-3H3. The third kappa shape index (κ3) is 5.62. The Bertz CT molecular complexity index is 1210. The SMILES string of the molecule is CC(C)(C)c1csc(-c2ccc(OCC(=O)N(c3ccccc3)C3CCS(=O)(=O)C3)cc2)n1. The fraction of sp³-hybridized carbons (Fsp3) is 0.360. The van der Waals surface area contributed by atoms with Gasteiger partial charge in [0.2, 0.25) is 0 Å². The molecule has 0 radical (unpaired) electrons. The minimum Gasteiger partial charge on any atom is -0.484 e. The third-order valence-electron chi connectivity index (χ3n) is 5.61. The molecule has 1 aliphatic rings. The second-order valence-electron chi connectivity index (χ2n) is 9.26. The second kappa shape index (κ2) is 9.27. The Labute approximate surface area is 199 Å². The smallest absolute Gasteiger partial charge is 0.265 e. The van der Waals surface area contributed by atoms with E-state index in [0.29, 0.717) is 17.9 Å². The van der Waals surface area contributed by atoms with Crippen molar-refractivity contribution in [2.75, 3.05) is 23.0 Å². The molecule has 3 aromatic rings. The molecule has 174 valence electrons. The number of hydrogen-bond donors (Lipinski definition) is 0. The minimum absolute atomic E-state index is 0.00143. The van der Waals surface area contributed by atoms with E-state index in [9.17, 15) is 13.2 Å². The summed E-state index contributed by atoms with van der Waals surface area (Å²) in [4.78, 5) is 19.4. The molecule has 8 heteroatoms. The van der Waals surface area contributed by atoms with E-state index in [2.05, 4.69) is 26.2 Å². The number of amides is 1. The molecule has 0 spiro atoms. The summed E-state index contributed by atoms with van der Waals surface area (Å²) in [7, 11) is -3.13. The highest BCUT2D eigenvalue weighted by atomic mass is 32.2. The van der Waals surface area contributed by atoms with Crippen molar-refractivity contribution in [3.8, 4) is 16.3 Å². The monoisotopic (exact) mass is 484 g/mol. The van der Waals surface area contributed by atoms with Crippen molar-refractivity contribution in [3.05, 3.63) is 65.7 Å². The summed E-state index contributed by atoms with van der Waals surface area (Å²) in [6.45, 7) is 6.24. The number of nitrogens with zero attached hydrogens (tertiary/aromatic N) is 2. The number of carbonyl (C=O) groups excluding carboxylic acids is 1. The summed E-state index contributed by atoms with van der Waals surface area (Å²) in [5, 5.41) is 3.03. The van der Waals surface area contributed by atoms with E-state index in [0.717, 1.165) is 16.3 Å². The van der Waals surface area contributed by atoms with E-state index in [-0.39, 0.29) is 35.5 Å². The summed E-state index contributed by atoms with van der Waals surface area (Å²) in [6, 6.07) is 16.3. The Balaban J connectivity index is 1.45. The quantitative estimate of drug-likeness (QED) is 0.507. The van der Waals surface area contributed by atoms with Crippen LogP contribution in [-0.4, -0.2) is 43.5 Å². The van der Waals surface area contributed by atoms with Crippen LogP contribution in [0.3, 0.4) is 0 Å². The van der Waals surface area contributed by atoms with Crippen LogP contribution in [0.5, 0.6) is 5.75 Å². The van der Waals surface area contributed by atoms with Crippen LogP contribution in [0.15, 0.2) is 60.0 Å².